The molecule has 1 atom stereocenters. The highest BCUT2D eigenvalue weighted by atomic mass is 32.1. The molecule has 19 heavy (non-hydrogen) atoms. The van der Waals surface area contributed by atoms with Crippen molar-refractivity contribution in [2.24, 2.45) is 0 Å². The number of rotatable bonds is 3. The topological polar surface area (TPSA) is 94.9 Å². The van der Waals surface area contributed by atoms with Gasteiger partial charge in [0.2, 0.25) is 0 Å². The molecule has 3 N–H and O–H groups in total. The zero-order chi connectivity index (χ0) is 14.0. The van der Waals surface area contributed by atoms with Gasteiger partial charge >= 0.3 is 0 Å². The molecule has 0 spiro atoms. The zero-order valence-corrected chi connectivity index (χ0v) is 11.4. The van der Waals surface area contributed by atoms with Crippen molar-refractivity contribution in [1.82, 2.24) is 19.9 Å². The van der Waals surface area contributed by atoms with Crippen LogP contribution in [0.3, 0.4) is 0 Å². The van der Waals surface area contributed by atoms with Gasteiger partial charge in [-0.1, -0.05) is 26.1 Å². The molecule has 0 aliphatic heterocycles. The molecule has 0 bridgehead atoms. The first kappa shape index (κ1) is 13.4. The summed E-state index contributed by atoms with van der Waals surface area (Å²) in [6.45, 7) is 3.70. The number of H-pyrrole nitrogens is 1. The molecule has 0 radical (unpaired) electrons. The Bertz CT molecular complexity index is 656. The number of hydrogen-bond donors (Lipinski definition) is 3. The average Bonchev–Trinajstić information content (AvgIpc) is 2.41. The molecule has 0 aliphatic rings. The molecular formula is C12H14N4O2S. The molecule has 1 unspecified atom stereocenters. The van der Waals surface area contributed by atoms with Crippen LogP contribution in [0, 0.1) is 4.64 Å². The van der Waals surface area contributed by atoms with E-state index in [0.717, 1.165) is 0 Å². The summed E-state index contributed by atoms with van der Waals surface area (Å²) in [5.74, 6) is -0.396. The van der Waals surface area contributed by atoms with Gasteiger partial charge in [-0.25, -0.2) is 15.0 Å². The third-order valence-corrected chi connectivity index (χ3v) is 3.26. The molecule has 0 aromatic carbocycles. The lowest BCUT2D eigenvalue weighted by atomic mass is 10.0. The van der Waals surface area contributed by atoms with Gasteiger partial charge in [0, 0.05) is 5.92 Å². The minimum atomic E-state index is -0.349. The van der Waals surface area contributed by atoms with E-state index in [2.05, 4.69) is 19.9 Å². The van der Waals surface area contributed by atoms with Crippen LogP contribution in [-0.2, 0) is 6.42 Å². The monoisotopic (exact) mass is 278 g/mol. The second-order valence-corrected chi connectivity index (χ2v) is 4.49. The van der Waals surface area contributed by atoms with Crippen molar-refractivity contribution >= 4 is 12.2 Å². The van der Waals surface area contributed by atoms with E-state index in [1.807, 2.05) is 13.8 Å². The van der Waals surface area contributed by atoms with Crippen molar-refractivity contribution in [1.29, 1.82) is 0 Å². The molecule has 100 valence electrons. The smallest absolute Gasteiger partial charge is 0.172 e. The van der Waals surface area contributed by atoms with Crippen LogP contribution in [0.4, 0.5) is 0 Å². The summed E-state index contributed by atoms with van der Waals surface area (Å²) in [5, 5.41) is 20.0. The lowest BCUT2D eigenvalue weighted by molar-refractivity contribution is 0.440. The molecule has 0 fully saturated rings. The summed E-state index contributed by atoms with van der Waals surface area (Å²) in [6, 6.07) is 0. The van der Waals surface area contributed by atoms with Crippen LogP contribution in [0.5, 0.6) is 11.5 Å². The first-order chi connectivity index (χ1) is 9.06. The Hall–Kier alpha value is -2.02. The summed E-state index contributed by atoms with van der Waals surface area (Å²) in [6.07, 6.45) is 3.41. The third kappa shape index (κ3) is 2.41. The maximum Gasteiger partial charge on any atom is 0.172 e. The van der Waals surface area contributed by atoms with Crippen LogP contribution >= 0.6 is 12.2 Å². The second kappa shape index (κ2) is 5.31. The lowest BCUT2D eigenvalue weighted by Gasteiger charge is -2.14. The number of nitrogens with one attached hydrogen (secondary N) is 1. The van der Waals surface area contributed by atoms with Crippen molar-refractivity contribution in [3.63, 3.8) is 0 Å². The fourth-order valence-electron chi connectivity index (χ4n) is 1.88. The Morgan fingerprint density at radius 1 is 1.26 bits per heavy atom. The van der Waals surface area contributed by atoms with Gasteiger partial charge in [-0.3, -0.25) is 0 Å². The first-order valence-electron chi connectivity index (χ1n) is 5.85. The highest BCUT2D eigenvalue weighted by molar-refractivity contribution is 7.71. The summed E-state index contributed by atoms with van der Waals surface area (Å²) >= 11 is 4.92. The summed E-state index contributed by atoms with van der Waals surface area (Å²) in [4.78, 5) is 14.7. The summed E-state index contributed by atoms with van der Waals surface area (Å²) < 4.78 is 0.116. The van der Waals surface area contributed by atoms with Crippen molar-refractivity contribution < 1.29 is 10.2 Å². The van der Waals surface area contributed by atoms with Crippen molar-refractivity contribution in [2.75, 3.05) is 0 Å². The summed E-state index contributed by atoms with van der Waals surface area (Å²) in [7, 11) is 0. The van der Waals surface area contributed by atoms with Crippen LogP contribution in [0.15, 0.2) is 12.7 Å². The predicted molar refractivity (Wildman–Crippen MR) is 71.7 cm³/mol. The molecule has 2 heterocycles. The number of nitrogens with zero attached hydrogens (tertiary/aromatic N) is 3. The van der Waals surface area contributed by atoms with Crippen LogP contribution in [0.2, 0.25) is 0 Å². The van der Waals surface area contributed by atoms with Crippen LogP contribution in [0.25, 0.3) is 0 Å². The van der Waals surface area contributed by atoms with E-state index in [4.69, 9.17) is 12.2 Å². The molecular weight excluding hydrogens is 264 g/mol. The fraction of sp³-hybridized carbons (Fsp3) is 0.333. The van der Waals surface area contributed by atoms with E-state index in [-0.39, 0.29) is 22.1 Å². The van der Waals surface area contributed by atoms with Gasteiger partial charge in [0.25, 0.3) is 0 Å². The van der Waals surface area contributed by atoms with Crippen LogP contribution in [0.1, 0.15) is 36.8 Å². The van der Waals surface area contributed by atoms with Crippen LogP contribution in [-0.4, -0.2) is 30.1 Å². The van der Waals surface area contributed by atoms with Gasteiger partial charge in [0.05, 0.1) is 23.4 Å². The van der Waals surface area contributed by atoms with Gasteiger partial charge in [0.15, 0.2) is 16.1 Å². The molecule has 0 aliphatic carbocycles. The molecule has 2 rings (SSSR count). The lowest BCUT2D eigenvalue weighted by Crippen LogP contribution is -2.05. The zero-order valence-electron chi connectivity index (χ0n) is 10.6. The predicted octanol–water partition coefficient (Wildman–Crippen LogP) is 2.05. The maximum atomic E-state index is 10.1. The highest BCUT2D eigenvalue weighted by Crippen LogP contribution is 2.33. The maximum absolute atomic E-state index is 10.1. The van der Waals surface area contributed by atoms with Gasteiger partial charge in [-0.15, -0.1) is 0 Å². The van der Waals surface area contributed by atoms with Crippen molar-refractivity contribution in [3.05, 3.63) is 34.4 Å². The van der Waals surface area contributed by atoms with Crippen LogP contribution < -0.4 is 0 Å². The van der Waals surface area contributed by atoms with E-state index in [1.54, 1.807) is 0 Å². The first-order valence-corrected chi connectivity index (χ1v) is 6.26. The number of hydrogen-bond acceptors (Lipinski definition) is 6. The van der Waals surface area contributed by atoms with E-state index >= 15 is 0 Å². The largest absolute Gasteiger partial charge is 0.504 e. The number of aromatic amines is 1. The quantitative estimate of drug-likeness (QED) is 0.744. The Labute approximate surface area is 115 Å². The van der Waals surface area contributed by atoms with Crippen molar-refractivity contribution in [3.8, 4) is 11.5 Å². The fourth-order valence-corrected chi connectivity index (χ4v) is 2.04. The number of aromatic nitrogens is 4. The Kier molecular flexibility index (Phi) is 3.75. The average molecular weight is 278 g/mol. The van der Waals surface area contributed by atoms with E-state index in [0.29, 0.717) is 23.5 Å². The van der Waals surface area contributed by atoms with E-state index in [9.17, 15) is 10.2 Å². The van der Waals surface area contributed by atoms with Gasteiger partial charge < -0.3 is 15.2 Å². The minimum Gasteiger partial charge on any atom is -0.504 e. The molecule has 7 heteroatoms. The molecule has 6 nitrogen and oxygen atoms in total. The normalized spacial score (nSPS) is 12.3. The Morgan fingerprint density at radius 3 is 2.68 bits per heavy atom. The molecule has 0 saturated heterocycles. The second-order valence-electron chi connectivity index (χ2n) is 4.10. The van der Waals surface area contributed by atoms with Gasteiger partial charge in [-0.05, 0) is 6.42 Å². The highest BCUT2D eigenvalue weighted by Gasteiger charge is 2.20. The number of aryl methyl sites for hydroxylation is 1. The standard InChI is InChI=1S/C12H14N4O2S/c1-3-7-10(17)8(14-4-13-7)6(2)9-11(18)12(19)16-5-15-9/h4-6,17-18H,3H2,1-2H3,(H,15,16,19). The Morgan fingerprint density at radius 2 is 2.00 bits per heavy atom. The van der Waals surface area contributed by atoms with Gasteiger partial charge in [-0.2, -0.15) is 0 Å². The van der Waals surface area contributed by atoms with Gasteiger partial charge in [0.1, 0.15) is 6.33 Å². The molecule has 2 aromatic rings. The molecule has 2 aromatic heterocycles. The summed E-state index contributed by atoms with van der Waals surface area (Å²) in [5.41, 5.74) is 1.49. The molecule has 0 amide bonds. The Balaban J connectivity index is 2.53. The SMILES string of the molecule is CCc1ncnc(C(C)c2[nH]cnc(=S)c2O)c1O. The van der Waals surface area contributed by atoms with E-state index < -0.39 is 0 Å². The van der Waals surface area contributed by atoms with Crippen molar-refractivity contribution in [2.45, 2.75) is 26.2 Å². The third-order valence-electron chi connectivity index (χ3n) is 2.96. The number of aromatic hydroxyl groups is 2. The molecule has 0 saturated carbocycles. The minimum absolute atomic E-state index is 0.0491. The van der Waals surface area contributed by atoms with E-state index in [1.165, 1.54) is 12.7 Å².